The molecule has 0 bridgehead atoms. The number of hydrogen-bond acceptors (Lipinski definition) is 4. The third kappa shape index (κ3) is 7.39. The second-order valence-corrected chi connectivity index (χ2v) is 10.6. The largest absolute Gasteiger partial charge is 0.489 e. The van der Waals surface area contributed by atoms with Gasteiger partial charge in [-0.1, -0.05) is 37.9 Å². The number of anilines is 1. The van der Waals surface area contributed by atoms with Gasteiger partial charge in [0.15, 0.2) is 10.3 Å². The number of nitrogens with zero attached hydrogens (tertiary/aromatic N) is 2. The van der Waals surface area contributed by atoms with Crippen LogP contribution >= 0.6 is 33.2 Å². The molecule has 8 heteroatoms. The van der Waals surface area contributed by atoms with E-state index in [9.17, 15) is 0 Å². The molecule has 2 unspecified atom stereocenters. The number of likely N-dealkylation sites (N-methyl/N-ethyl adjacent to an activating group) is 1. The van der Waals surface area contributed by atoms with E-state index in [-0.39, 0.29) is 6.10 Å². The maximum absolute atomic E-state index is 6.09. The summed E-state index contributed by atoms with van der Waals surface area (Å²) in [7, 11) is 3.04. The average Bonchev–Trinajstić information content (AvgIpc) is 3.16. The molecule has 2 aliphatic rings. The molecule has 1 aromatic carbocycles. The summed E-state index contributed by atoms with van der Waals surface area (Å²) in [6.45, 7) is 5.39. The fourth-order valence-corrected chi connectivity index (χ4v) is 5.70. The first-order valence-corrected chi connectivity index (χ1v) is 12.5. The van der Waals surface area contributed by atoms with Crippen LogP contribution in [-0.4, -0.2) is 51.8 Å². The second kappa shape index (κ2) is 10.9. The maximum Gasteiger partial charge on any atom is 0.199 e. The van der Waals surface area contributed by atoms with Crippen LogP contribution in [0.2, 0.25) is 0 Å². The molecule has 2 atom stereocenters. The van der Waals surface area contributed by atoms with E-state index in [0.717, 1.165) is 43.2 Å². The van der Waals surface area contributed by atoms with Crippen LogP contribution in [0.4, 0.5) is 5.69 Å². The van der Waals surface area contributed by atoms with Crippen LogP contribution in [0, 0.1) is 0 Å². The Morgan fingerprint density at radius 3 is 2.72 bits per heavy atom. The Morgan fingerprint density at radius 2 is 2.07 bits per heavy atom. The van der Waals surface area contributed by atoms with E-state index in [1.54, 1.807) is 11.8 Å². The van der Waals surface area contributed by atoms with Crippen molar-refractivity contribution in [3.05, 3.63) is 24.3 Å². The second-order valence-electron chi connectivity index (χ2n) is 8.04. The van der Waals surface area contributed by atoms with Gasteiger partial charge in [-0.3, -0.25) is 4.90 Å². The van der Waals surface area contributed by atoms with Gasteiger partial charge in [0, 0.05) is 24.5 Å². The Bertz CT molecular complexity index is 707. The lowest BCUT2D eigenvalue weighted by molar-refractivity contribution is 0.202. The molecule has 3 rings (SSSR count). The normalized spacial score (nSPS) is 22.4. The fraction of sp³-hybridized carbons (Fsp3) is 0.619. The lowest BCUT2D eigenvalue weighted by Gasteiger charge is -2.32. The van der Waals surface area contributed by atoms with Crippen LogP contribution in [0.5, 0.6) is 5.75 Å². The zero-order chi connectivity index (χ0) is 20.7. The molecule has 1 saturated carbocycles. The van der Waals surface area contributed by atoms with Gasteiger partial charge in [-0.15, -0.1) is 9.24 Å². The summed E-state index contributed by atoms with van der Waals surface area (Å²) in [6.07, 6.45) is 7.80. The highest BCUT2D eigenvalue weighted by Gasteiger charge is 2.27. The number of nitrogens with two attached hydrogens (primary N) is 1. The Balaban J connectivity index is 1.44. The van der Waals surface area contributed by atoms with Crippen molar-refractivity contribution in [1.29, 1.82) is 0 Å². The standard InChI is InChI=1S/C21H33N4OPS2/c1-2-25-13-10-18(14-25)26-17-8-6-16(7-9-17)23-20(28)24-19(22)29-15-21(27)11-4-3-5-12-21/h6-9,18H,2-5,10-15,27H2,1H3,(H3,22,23,24,28). The SMILES string of the molecule is CCN1CCC(Oc2ccc(NC(=S)/N=C(\N)SCC3(P)CCCCC3)cc2)C1. The molecule has 1 aromatic rings. The number of nitrogens with one attached hydrogen (secondary N) is 1. The predicted molar refractivity (Wildman–Crippen MR) is 133 cm³/mol. The lowest BCUT2D eigenvalue weighted by atomic mass is 9.90. The molecule has 5 nitrogen and oxygen atoms in total. The highest BCUT2D eigenvalue weighted by molar-refractivity contribution is 8.14. The minimum Gasteiger partial charge on any atom is -0.489 e. The zero-order valence-corrected chi connectivity index (χ0v) is 20.0. The van der Waals surface area contributed by atoms with Crippen molar-refractivity contribution in [3.8, 4) is 5.75 Å². The quantitative estimate of drug-likeness (QED) is 0.287. The Hall–Kier alpha value is -0.880. The topological polar surface area (TPSA) is 62.9 Å². The molecule has 0 aromatic heterocycles. The van der Waals surface area contributed by atoms with Gasteiger partial charge >= 0.3 is 0 Å². The molecule has 2 fully saturated rings. The Morgan fingerprint density at radius 1 is 1.34 bits per heavy atom. The number of aliphatic imine (C=N–C) groups is 1. The van der Waals surface area contributed by atoms with Gasteiger partial charge in [0.1, 0.15) is 11.9 Å². The number of thiocarbonyl (C=S) groups is 1. The molecule has 1 saturated heterocycles. The van der Waals surface area contributed by atoms with Crippen molar-refractivity contribution in [2.24, 2.45) is 10.7 Å². The summed E-state index contributed by atoms with van der Waals surface area (Å²) in [5.74, 6) is 1.86. The molecule has 3 N–H and O–H groups in total. The monoisotopic (exact) mass is 452 g/mol. The van der Waals surface area contributed by atoms with Crippen LogP contribution in [0.1, 0.15) is 45.4 Å². The fourth-order valence-electron chi connectivity index (χ4n) is 3.89. The summed E-state index contributed by atoms with van der Waals surface area (Å²) in [5, 5.41) is 4.35. The molecule has 0 amide bonds. The van der Waals surface area contributed by atoms with E-state index in [2.05, 4.69) is 31.4 Å². The third-order valence-corrected chi connectivity index (χ3v) is 8.03. The summed E-state index contributed by atoms with van der Waals surface area (Å²) >= 11 is 6.95. The van der Waals surface area contributed by atoms with E-state index in [0.29, 0.717) is 15.4 Å². The first-order chi connectivity index (χ1) is 14.0. The number of benzene rings is 1. The average molecular weight is 453 g/mol. The van der Waals surface area contributed by atoms with Crippen LogP contribution in [0.25, 0.3) is 0 Å². The van der Waals surface area contributed by atoms with Crippen molar-refractivity contribution < 1.29 is 4.74 Å². The van der Waals surface area contributed by atoms with E-state index in [1.807, 2.05) is 24.3 Å². The van der Waals surface area contributed by atoms with E-state index in [1.165, 1.54) is 32.1 Å². The van der Waals surface area contributed by atoms with Crippen molar-refractivity contribution in [2.75, 3.05) is 30.7 Å². The van der Waals surface area contributed by atoms with Crippen LogP contribution in [-0.2, 0) is 0 Å². The third-order valence-electron chi connectivity index (χ3n) is 5.65. The Labute approximate surface area is 186 Å². The molecular weight excluding hydrogens is 419 g/mol. The van der Waals surface area contributed by atoms with Gasteiger partial charge in [-0.25, -0.2) is 0 Å². The minimum atomic E-state index is 0.278. The van der Waals surface area contributed by atoms with Gasteiger partial charge in [0.2, 0.25) is 0 Å². The van der Waals surface area contributed by atoms with Gasteiger partial charge in [0.05, 0.1) is 0 Å². The number of rotatable bonds is 6. The lowest BCUT2D eigenvalue weighted by Crippen LogP contribution is -2.28. The maximum atomic E-state index is 6.09. The van der Waals surface area contributed by atoms with Crippen LogP contribution in [0.15, 0.2) is 29.3 Å². The highest BCUT2D eigenvalue weighted by Crippen LogP contribution is 2.38. The van der Waals surface area contributed by atoms with Gasteiger partial charge in [-0.2, -0.15) is 4.99 Å². The van der Waals surface area contributed by atoms with E-state index in [4.69, 9.17) is 22.7 Å². The van der Waals surface area contributed by atoms with E-state index >= 15 is 0 Å². The van der Waals surface area contributed by atoms with Gasteiger partial charge in [-0.05, 0) is 67.4 Å². The first kappa shape index (κ1) is 22.8. The summed E-state index contributed by atoms with van der Waals surface area (Å²) in [4.78, 5) is 6.75. The molecular formula is C21H33N4OPS2. The van der Waals surface area contributed by atoms with Gasteiger partial charge < -0.3 is 15.8 Å². The summed E-state index contributed by atoms with van der Waals surface area (Å²) < 4.78 is 6.08. The number of ether oxygens (including phenoxy) is 1. The number of likely N-dealkylation sites (tertiary alicyclic amines) is 1. The first-order valence-electron chi connectivity index (χ1n) is 10.5. The molecule has 0 radical (unpaired) electrons. The van der Waals surface area contributed by atoms with Crippen molar-refractivity contribution in [2.45, 2.75) is 56.7 Å². The summed E-state index contributed by atoms with van der Waals surface area (Å²) in [6, 6.07) is 7.88. The summed E-state index contributed by atoms with van der Waals surface area (Å²) in [5.41, 5.74) is 6.98. The molecule has 1 heterocycles. The predicted octanol–water partition coefficient (Wildman–Crippen LogP) is 4.48. The number of hydrogen-bond donors (Lipinski definition) is 2. The van der Waals surface area contributed by atoms with Crippen LogP contribution < -0.4 is 15.8 Å². The number of amidine groups is 1. The minimum absolute atomic E-state index is 0.278. The molecule has 29 heavy (non-hydrogen) atoms. The highest BCUT2D eigenvalue weighted by atomic mass is 32.2. The van der Waals surface area contributed by atoms with Gasteiger partial charge in [0.25, 0.3) is 0 Å². The van der Waals surface area contributed by atoms with Crippen molar-refractivity contribution >= 4 is 49.2 Å². The number of thioether (sulfide) groups is 1. The van der Waals surface area contributed by atoms with Crippen molar-refractivity contribution in [3.63, 3.8) is 0 Å². The molecule has 1 aliphatic heterocycles. The molecule has 1 aliphatic carbocycles. The van der Waals surface area contributed by atoms with Crippen LogP contribution in [0.3, 0.4) is 0 Å². The Kier molecular flexibility index (Phi) is 8.60. The smallest absolute Gasteiger partial charge is 0.199 e. The molecule has 160 valence electrons. The van der Waals surface area contributed by atoms with Crippen molar-refractivity contribution in [1.82, 2.24) is 4.90 Å². The van der Waals surface area contributed by atoms with E-state index < -0.39 is 0 Å². The molecule has 0 spiro atoms. The zero-order valence-electron chi connectivity index (χ0n) is 17.2.